The second-order valence-electron chi connectivity index (χ2n) is 6.91. The van der Waals surface area contributed by atoms with Gasteiger partial charge in [0, 0.05) is 24.2 Å². The minimum Gasteiger partial charge on any atom is -0.507 e. The number of ketones is 1. The number of non-ortho nitro benzene ring substituents is 1. The lowest BCUT2D eigenvalue weighted by Crippen LogP contribution is -2.33. The van der Waals surface area contributed by atoms with Gasteiger partial charge in [0.2, 0.25) is 0 Å². The van der Waals surface area contributed by atoms with Crippen LogP contribution in [0.1, 0.15) is 17.2 Å². The van der Waals surface area contributed by atoms with Crippen molar-refractivity contribution in [2.75, 3.05) is 33.5 Å². The molecule has 2 aromatic carbocycles. The molecule has 1 fully saturated rings. The van der Waals surface area contributed by atoms with Crippen LogP contribution in [0, 0.1) is 10.1 Å². The highest BCUT2D eigenvalue weighted by molar-refractivity contribution is 6.46. The van der Waals surface area contributed by atoms with Gasteiger partial charge in [-0.3, -0.25) is 19.7 Å². The molecule has 1 atom stereocenters. The maximum atomic E-state index is 12.9. The molecule has 2 aromatic rings. The van der Waals surface area contributed by atoms with Crippen molar-refractivity contribution in [2.24, 2.45) is 0 Å². The number of amides is 1. The van der Waals surface area contributed by atoms with Crippen molar-refractivity contribution < 1.29 is 34.2 Å². The van der Waals surface area contributed by atoms with Gasteiger partial charge < -0.3 is 24.6 Å². The molecule has 1 unspecified atom stereocenters. The van der Waals surface area contributed by atoms with Crippen molar-refractivity contribution in [1.29, 1.82) is 0 Å². The molecule has 10 nitrogen and oxygen atoms in total. The molecule has 1 aliphatic heterocycles. The maximum absolute atomic E-state index is 12.9. The number of aliphatic hydroxyl groups is 2. The highest BCUT2D eigenvalue weighted by Crippen LogP contribution is 2.39. The topological polar surface area (TPSA) is 139 Å². The van der Waals surface area contributed by atoms with E-state index in [-0.39, 0.29) is 43.4 Å². The van der Waals surface area contributed by atoms with Crippen molar-refractivity contribution in [3.63, 3.8) is 0 Å². The first kappa shape index (κ1) is 22.9. The van der Waals surface area contributed by atoms with E-state index in [1.807, 2.05) is 0 Å². The number of carbonyl (C=O) groups is 2. The highest BCUT2D eigenvalue weighted by atomic mass is 16.6. The van der Waals surface area contributed by atoms with E-state index in [0.717, 1.165) is 0 Å². The number of benzene rings is 2. The van der Waals surface area contributed by atoms with Gasteiger partial charge in [-0.05, 0) is 42.0 Å². The predicted octanol–water partition coefficient (Wildman–Crippen LogP) is 2.03. The van der Waals surface area contributed by atoms with E-state index in [9.17, 15) is 24.8 Å². The van der Waals surface area contributed by atoms with E-state index in [4.69, 9.17) is 14.6 Å². The average Bonchev–Trinajstić information content (AvgIpc) is 3.06. The van der Waals surface area contributed by atoms with E-state index < -0.39 is 22.7 Å². The number of hydrogen-bond donors (Lipinski definition) is 2. The van der Waals surface area contributed by atoms with Gasteiger partial charge in [-0.15, -0.1) is 0 Å². The standard InChI is InChI=1S/C22H22N2O8/c1-31-17-8-4-15(5-9-17)20(26)18-19(14-2-6-16(7-3-14)24(29)30)23(22(28)21(18)27)10-12-32-13-11-25/h2-9,19,25-26H,10-13H2,1H3/b20-18+. The monoisotopic (exact) mass is 442 g/mol. The van der Waals surface area contributed by atoms with Crippen LogP contribution in [0.15, 0.2) is 54.1 Å². The van der Waals surface area contributed by atoms with E-state index in [0.29, 0.717) is 16.9 Å². The lowest BCUT2D eigenvalue weighted by molar-refractivity contribution is -0.384. The molecule has 0 radical (unpaired) electrons. The number of Topliss-reactive ketones (excluding diaryl/α,β-unsaturated/α-hetero) is 1. The first-order valence-corrected chi connectivity index (χ1v) is 9.74. The van der Waals surface area contributed by atoms with E-state index in [1.54, 1.807) is 24.3 Å². The minimum atomic E-state index is -0.962. The summed E-state index contributed by atoms with van der Waals surface area (Å²) in [5.74, 6) is -1.51. The summed E-state index contributed by atoms with van der Waals surface area (Å²) in [5, 5.41) is 30.8. The third-order valence-corrected chi connectivity index (χ3v) is 5.04. The van der Waals surface area contributed by atoms with Gasteiger partial charge >= 0.3 is 0 Å². The number of likely N-dealkylation sites (tertiary alicyclic amines) is 1. The van der Waals surface area contributed by atoms with E-state index in [2.05, 4.69) is 0 Å². The van der Waals surface area contributed by atoms with E-state index in [1.165, 1.54) is 36.3 Å². The molecule has 1 amide bonds. The molecule has 3 rings (SSSR count). The Morgan fingerprint density at radius 3 is 2.31 bits per heavy atom. The molecule has 2 N–H and O–H groups in total. The van der Waals surface area contributed by atoms with Crippen LogP contribution in [-0.4, -0.2) is 65.2 Å². The number of carbonyl (C=O) groups excluding carboxylic acids is 2. The Labute approximate surface area is 183 Å². The summed E-state index contributed by atoms with van der Waals surface area (Å²) in [6.45, 7) is -0.0503. The largest absolute Gasteiger partial charge is 0.507 e. The molecule has 1 aliphatic rings. The zero-order chi connectivity index (χ0) is 23.3. The normalized spacial score (nSPS) is 17.6. The van der Waals surface area contributed by atoms with Gasteiger partial charge in [0.25, 0.3) is 17.4 Å². The molecule has 1 saturated heterocycles. The number of methoxy groups -OCH3 is 1. The Morgan fingerprint density at radius 2 is 1.75 bits per heavy atom. The minimum absolute atomic E-state index is 0.0195. The van der Waals surface area contributed by atoms with Crippen molar-refractivity contribution in [1.82, 2.24) is 4.90 Å². The molecule has 0 bridgehead atoms. The first-order chi connectivity index (χ1) is 15.4. The second kappa shape index (κ2) is 10.0. The van der Waals surface area contributed by atoms with Gasteiger partial charge in [-0.1, -0.05) is 0 Å². The number of ether oxygens (including phenoxy) is 2. The Bertz CT molecular complexity index is 1030. The van der Waals surface area contributed by atoms with Crippen LogP contribution in [0.3, 0.4) is 0 Å². The molecule has 0 spiro atoms. The highest BCUT2D eigenvalue weighted by Gasteiger charge is 2.46. The summed E-state index contributed by atoms with van der Waals surface area (Å²) >= 11 is 0. The van der Waals surface area contributed by atoms with Crippen LogP contribution >= 0.6 is 0 Å². The quantitative estimate of drug-likeness (QED) is 0.150. The van der Waals surface area contributed by atoms with Crippen LogP contribution in [0.25, 0.3) is 5.76 Å². The van der Waals surface area contributed by atoms with E-state index >= 15 is 0 Å². The lowest BCUT2D eigenvalue weighted by atomic mass is 9.95. The van der Waals surface area contributed by atoms with Crippen LogP contribution in [0.4, 0.5) is 5.69 Å². The molecule has 0 aliphatic carbocycles. The second-order valence-corrected chi connectivity index (χ2v) is 6.91. The van der Waals surface area contributed by atoms with Gasteiger partial charge in [-0.25, -0.2) is 0 Å². The number of nitro benzene ring substituents is 1. The fraction of sp³-hybridized carbons (Fsp3) is 0.273. The van der Waals surface area contributed by atoms with Gasteiger partial charge in [0.15, 0.2) is 0 Å². The van der Waals surface area contributed by atoms with Crippen LogP contribution in [0.5, 0.6) is 5.75 Å². The molecular formula is C22H22N2O8. The zero-order valence-electron chi connectivity index (χ0n) is 17.3. The molecule has 168 valence electrons. The number of nitro groups is 1. The Kier molecular flexibility index (Phi) is 7.18. The zero-order valence-corrected chi connectivity index (χ0v) is 17.3. The number of aliphatic hydroxyl groups excluding tert-OH is 2. The van der Waals surface area contributed by atoms with Gasteiger partial charge in [-0.2, -0.15) is 0 Å². The first-order valence-electron chi connectivity index (χ1n) is 9.74. The molecule has 10 heteroatoms. The summed E-state index contributed by atoms with van der Waals surface area (Å²) < 4.78 is 10.3. The summed E-state index contributed by atoms with van der Waals surface area (Å²) in [5.41, 5.74) is 0.461. The molecule has 32 heavy (non-hydrogen) atoms. The average molecular weight is 442 g/mol. The van der Waals surface area contributed by atoms with Crippen LogP contribution < -0.4 is 4.74 Å². The number of nitrogens with zero attached hydrogens (tertiary/aromatic N) is 2. The van der Waals surface area contributed by atoms with Crippen molar-refractivity contribution in [2.45, 2.75) is 6.04 Å². The number of rotatable bonds is 9. The van der Waals surface area contributed by atoms with Crippen LogP contribution in [0.2, 0.25) is 0 Å². The van der Waals surface area contributed by atoms with Crippen molar-refractivity contribution >= 4 is 23.1 Å². The van der Waals surface area contributed by atoms with Crippen LogP contribution in [-0.2, 0) is 14.3 Å². The van der Waals surface area contributed by atoms with Gasteiger partial charge in [0.1, 0.15) is 11.5 Å². The predicted molar refractivity (Wildman–Crippen MR) is 113 cm³/mol. The van der Waals surface area contributed by atoms with Crippen molar-refractivity contribution in [3.05, 3.63) is 75.3 Å². The SMILES string of the molecule is COc1ccc(/C(O)=C2\C(=O)C(=O)N(CCOCCO)C2c2ccc([N+](=O)[O-])cc2)cc1. The summed E-state index contributed by atoms with van der Waals surface area (Å²) in [7, 11) is 1.49. The van der Waals surface area contributed by atoms with Gasteiger partial charge in [0.05, 0.1) is 43.5 Å². The van der Waals surface area contributed by atoms with Crippen molar-refractivity contribution in [3.8, 4) is 5.75 Å². The maximum Gasteiger partial charge on any atom is 0.295 e. The molecule has 0 saturated carbocycles. The Morgan fingerprint density at radius 1 is 1.09 bits per heavy atom. The molecule has 1 heterocycles. The smallest absolute Gasteiger partial charge is 0.295 e. The fourth-order valence-electron chi connectivity index (χ4n) is 3.47. The lowest BCUT2D eigenvalue weighted by Gasteiger charge is -2.25. The summed E-state index contributed by atoms with van der Waals surface area (Å²) in [6, 6.07) is 10.8. The summed E-state index contributed by atoms with van der Waals surface area (Å²) in [6.07, 6.45) is 0. The number of hydrogen-bond acceptors (Lipinski definition) is 8. The fourth-order valence-corrected chi connectivity index (χ4v) is 3.47. The third kappa shape index (κ3) is 4.61. The summed E-state index contributed by atoms with van der Waals surface area (Å²) in [4.78, 5) is 37.3. The Hall–Kier alpha value is -3.76. The molecule has 0 aromatic heterocycles. The third-order valence-electron chi connectivity index (χ3n) is 5.04. The Balaban J connectivity index is 2.06. The molecular weight excluding hydrogens is 420 g/mol.